The molecule has 12 nitrogen and oxygen atoms in total. The third kappa shape index (κ3) is 4.76. The van der Waals surface area contributed by atoms with E-state index in [-0.39, 0.29) is 70.3 Å². The summed E-state index contributed by atoms with van der Waals surface area (Å²) >= 11 is 0. The third-order valence-electron chi connectivity index (χ3n) is 7.92. The molecule has 43 heavy (non-hydrogen) atoms. The van der Waals surface area contributed by atoms with Gasteiger partial charge in [-0.25, -0.2) is 0 Å². The molecule has 4 aromatic rings. The summed E-state index contributed by atoms with van der Waals surface area (Å²) in [4.78, 5) is 0. The lowest BCUT2D eigenvalue weighted by molar-refractivity contribution is 0.0189. The van der Waals surface area contributed by atoms with E-state index in [1.54, 1.807) is 0 Å². The Hall–Kier alpha value is -5.20. The molecule has 4 aromatic carbocycles. The highest BCUT2D eigenvalue weighted by Crippen LogP contribution is 2.50. The number of hydrogen-bond acceptors (Lipinski definition) is 12. The number of aliphatic hydroxyl groups is 2. The van der Waals surface area contributed by atoms with Crippen molar-refractivity contribution in [2.75, 3.05) is 0 Å². The molecular weight excluding hydrogens is 564 g/mol. The summed E-state index contributed by atoms with van der Waals surface area (Å²) in [6.07, 6.45) is -4.90. The number of rotatable bonds is 4. The fourth-order valence-electron chi connectivity index (χ4n) is 5.67. The minimum Gasteiger partial charge on any atom is -0.507 e. The Morgan fingerprint density at radius 3 is 1.65 bits per heavy atom. The number of ether oxygens (including phenoxy) is 2. The smallest absolute Gasteiger partial charge is 0.157 e. The van der Waals surface area contributed by atoms with Crippen LogP contribution in [-0.2, 0) is 19.3 Å². The van der Waals surface area contributed by atoms with Gasteiger partial charge in [0.1, 0.15) is 46.7 Å². The van der Waals surface area contributed by atoms with Crippen LogP contribution in [0.5, 0.6) is 57.5 Å². The van der Waals surface area contributed by atoms with Crippen molar-refractivity contribution >= 4 is 0 Å². The van der Waals surface area contributed by atoms with Crippen LogP contribution in [-0.4, -0.2) is 63.3 Å². The molecule has 0 fully saturated rings. The van der Waals surface area contributed by atoms with Gasteiger partial charge in [-0.1, -0.05) is 12.1 Å². The quantitative estimate of drug-likeness (QED) is 0.155. The lowest BCUT2D eigenvalue weighted by atomic mass is 9.88. The predicted molar refractivity (Wildman–Crippen MR) is 148 cm³/mol. The molecule has 6 rings (SSSR count). The molecule has 0 aliphatic carbocycles. The molecule has 12 heteroatoms. The summed E-state index contributed by atoms with van der Waals surface area (Å²) in [6.45, 7) is 0. The van der Waals surface area contributed by atoms with Crippen LogP contribution in [0.25, 0.3) is 0 Å². The molecule has 0 aromatic heterocycles. The van der Waals surface area contributed by atoms with Crippen molar-refractivity contribution < 1.29 is 60.5 Å². The van der Waals surface area contributed by atoms with Crippen LogP contribution in [0.1, 0.15) is 45.6 Å². The summed E-state index contributed by atoms with van der Waals surface area (Å²) in [6, 6.07) is 10.1. The first kappa shape index (κ1) is 27.9. The molecule has 4 atom stereocenters. The van der Waals surface area contributed by atoms with Gasteiger partial charge in [0.25, 0.3) is 0 Å². The zero-order valence-electron chi connectivity index (χ0n) is 22.3. The zero-order valence-corrected chi connectivity index (χ0v) is 22.3. The Bertz CT molecular complexity index is 1750. The van der Waals surface area contributed by atoms with Crippen LogP contribution >= 0.6 is 0 Å². The Kier molecular flexibility index (Phi) is 6.67. The number of benzene rings is 4. The van der Waals surface area contributed by atoms with Crippen LogP contribution < -0.4 is 9.47 Å². The number of phenolic OH excluding ortho intramolecular Hbond substituents is 8. The van der Waals surface area contributed by atoms with E-state index in [2.05, 4.69) is 0 Å². The zero-order chi connectivity index (χ0) is 30.7. The first-order valence-corrected chi connectivity index (χ1v) is 13.3. The third-order valence-corrected chi connectivity index (χ3v) is 7.92. The highest BCUT2D eigenvalue weighted by molar-refractivity contribution is 5.64. The second kappa shape index (κ2) is 10.3. The Labute approximate surface area is 243 Å². The van der Waals surface area contributed by atoms with Gasteiger partial charge >= 0.3 is 0 Å². The van der Waals surface area contributed by atoms with E-state index in [4.69, 9.17) is 9.47 Å². The molecule has 2 aliphatic heterocycles. The van der Waals surface area contributed by atoms with E-state index in [1.807, 2.05) is 0 Å². The summed E-state index contributed by atoms with van der Waals surface area (Å²) in [7, 11) is 0. The van der Waals surface area contributed by atoms with Crippen molar-refractivity contribution in [1.29, 1.82) is 0 Å². The topological polar surface area (TPSA) is 221 Å². The van der Waals surface area contributed by atoms with Gasteiger partial charge in [0.05, 0.1) is 12.2 Å². The Morgan fingerprint density at radius 1 is 0.535 bits per heavy atom. The molecule has 0 bridgehead atoms. The molecule has 10 N–H and O–H groups in total. The van der Waals surface area contributed by atoms with E-state index in [0.29, 0.717) is 11.1 Å². The number of hydrogen-bond donors (Lipinski definition) is 10. The number of fused-ring (bicyclic) bond motifs is 2. The number of aliphatic hydroxyl groups excluding tert-OH is 2. The molecule has 2 aliphatic rings. The first-order chi connectivity index (χ1) is 20.4. The van der Waals surface area contributed by atoms with Crippen molar-refractivity contribution in [3.63, 3.8) is 0 Å². The van der Waals surface area contributed by atoms with Crippen LogP contribution in [0.2, 0.25) is 0 Å². The van der Waals surface area contributed by atoms with E-state index >= 15 is 0 Å². The number of aromatic hydroxyl groups is 8. The van der Waals surface area contributed by atoms with Gasteiger partial charge in [-0.15, -0.1) is 0 Å². The summed E-state index contributed by atoms with van der Waals surface area (Å²) in [5, 5.41) is 104. The average molecular weight is 593 g/mol. The maximum atomic E-state index is 11.2. The lowest BCUT2D eigenvalue weighted by Gasteiger charge is -2.33. The average Bonchev–Trinajstić information content (AvgIpc) is 2.96. The second-order valence-electron chi connectivity index (χ2n) is 10.7. The van der Waals surface area contributed by atoms with Gasteiger partial charge in [0.2, 0.25) is 0 Å². The normalized spacial score (nSPS) is 20.9. The fourth-order valence-corrected chi connectivity index (χ4v) is 5.67. The summed E-state index contributed by atoms with van der Waals surface area (Å²) in [5.74, 6) is -3.05. The molecule has 0 unspecified atom stereocenters. The monoisotopic (exact) mass is 592 g/mol. The molecule has 0 radical (unpaired) electrons. The second-order valence-corrected chi connectivity index (χ2v) is 10.7. The first-order valence-electron chi connectivity index (χ1n) is 13.3. The van der Waals surface area contributed by atoms with Crippen molar-refractivity contribution in [2.45, 2.75) is 43.7 Å². The summed E-state index contributed by atoms with van der Waals surface area (Å²) in [5.41, 5.74) is 1.06. The molecule has 0 amide bonds. The number of phenols is 8. The van der Waals surface area contributed by atoms with E-state index < -0.39 is 53.2 Å². The maximum Gasteiger partial charge on any atom is 0.157 e. The lowest BCUT2D eigenvalue weighted by Crippen LogP contribution is -2.31. The Balaban J connectivity index is 1.36. The van der Waals surface area contributed by atoms with Gasteiger partial charge in [-0.2, -0.15) is 0 Å². The van der Waals surface area contributed by atoms with Crippen LogP contribution in [0.4, 0.5) is 0 Å². The van der Waals surface area contributed by atoms with Gasteiger partial charge in [0, 0.05) is 53.6 Å². The van der Waals surface area contributed by atoms with Crippen LogP contribution in [0, 0.1) is 0 Å². The van der Waals surface area contributed by atoms with Gasteiger partial charge in [-0.3, -0.25) is 0 Å². The minimum absolute atomic E-state index is 0.000345. The van der Waals surface area contributed by atoms with Crippen molar-refractivity contribution in [2.24, 2.45) is 0 Å². The molecule has 224 valence electrons. The van der Waals surface area contributed by atoms with Crippen molar-refractivity contribution in [1.82, 2.24) is 0 Å². The fraction of sp³-hybridized carbons (Fsp3) is 0.226. The highest BCUT2D eigenvalue weighted by atomic mass is 16.5. The standard InChI is InChI=1S/C31H28O12/c32-18-3-1-12(5-23(18)37)29-26(40)9-17-27(42-29)11-22(36)14(28(17)41)7-15-20(34)10-21(35)16-8-25(39)30(43-31(15)16)13-2-4-19(33)24(38)6-13/h1-6,10-11,25-26,29-30,32-41H,7-9H2/t25-,26-,29+,30+/m0/s1. The maximum absolute atomic E-state index is 11.2. The van der Waals surface area contributed by atoms with Crippen molar-refractivity contribution in [3.8, 4) is 57.5 Å². The highest BCUT2D eigenvalue weighted by Gasteiger charge is 2.37. The van der Waals surface area contributed by atoms with Crippen LogP contribution in [0.3, 0.4) is 0 Å². The van der Waals surface area contributed by atoms with Crippen LogP contribution in [0.15, 0.2) is 48.5 Å². The van der Waals surface area contributed by atoms with Gasteiger partial charge in [0.15, 0.2) is 23.0 Å². The molecule has 2 heterocycles. The van der Waals surface area contributed by atoms with Crippen molar-refractivity contribution in [3.05, 3.63) is 81.9 Å². The van der Waals surface area contributed by atoms with E-state index in [9.17, 15) is 51.1 Å². The summed E-state index contributed by atoms with van der Waals surface area (Å²) < 4.78 is 11.9. The molecule has 0 saturated carbocycles. The SMILES string of the molecule is Oc1ccc([C@H]2Oc3cc(O)c(Cc4c(O)cc(O)c5c4O[C@H](c4ccc(O)c(O)c4)[C@@H](O)C5)c(O)c3C[C@@H]2O)cc1O. The molecular formula is C31H28O12. The van der Waals surface area contributed by atoms with Gasteiger partial charge < -0.3 is 60.5 Å². The van der Waals surface area contributed by atoms with Gasteiger partial charge in [-0.05, 0) is 35.4 Å². The minimum atomic E-state index is -1.18. The molecule has 0 saturated heterocycles. The van der Waals surface area contributed by atoms with E-state index in [1.165, 1.54) is 42.5 Å². The predicted octanol–water partition coefficient (Wildman–Crippen LogP) is 3.00. The van der Waals surface area contributed by atoms with E-state index in [0.717, 1.165) is 6.07 Å². The largest absolute Gasteiger partial charge is 0.507 e. The molecule has 0 spiro atoms. The Morgan fingerprint density at radius 2 is 1.07 bits per heavy atom.